The van der Waals surface area contributed by atoms with E-state index < -0.39 is 10.8 Å². The summed E-state index contributed by atoms with van der Waals surface area (Å²) in [6, 6.07) is 8.08. The molecule has 4 heteroatoms. The van der Waals surface area contributed by atoms with E-state index in [4.69, 9.17) is 0 Å². The van der Waals surface area contributed by atoms with E-state index in [0.717, 1.165) is 28.8 Å². The van der Waals surface area contributed by atoms with Gasteiger partial charge >= 0.3 is 0 Å². The van der Waals surface area contributed by atoms with Crippen LogP contribution in [0.1, 0.15) is 33.6 Å². The van der Waals surface area contributed by atoms with E-state index in [1.54, 1.807) is 0 Å². The van der Waals surface area contributed by atoms with Gasteiger partial charge in [0.1, 0.15) is 0 Å². The SMILES string of the molecule is CCCNC(CC)C(C)S(=O)c1cccc(Br)c1. The minimum Gasteiger partial charge on any atom is -0.313 e. The fourth-order valence-corrected chi connectivity index (χ4v) is 3.95. The molecule has 1 aromatic rings. The molecular formula is C14H22BrNOS. The minimum atomic E-state index is -0.964. The third-order valence-electron chi connectivity index (χ3n) is 3.03. The van der Waals surface area contributed by atoms with Crippen molar-refractivity contribution in [1.29, 1.82) is 0 Å². The van der Waals surface area contributed by atoms with Crippen molar-refractivity contribution in [2.45, 2.75) is 49.8 Å². The second kappa shape index (κ2) is 8.08. The Hall–Kier alpha value is -0.190. The minimum absolute atomic E-state index is 0.121. The molecule has 2 nitrogen and oxygen atoms in total. The Morgan fingerprint density at radius 2 is 2.11 bits per heavy atom. The molecule has 0 spiro atoms. The summed E-state index contributed by atoms with van der Waals surface area (Å²) in [4.78, 5) is 0.897. The molecule has 0 aliphatic rings. The summed E-state index contributed by atoms with van der Waals surface area (Å²) in [5, 5.41) is 3.60. The Labute approximate surface area is 121 Å². The van der Waals surface area contributed by atoms with E-state index in [-0.39, 0.29) is 5.25 Å². The Balaban J connectivity index is 2.75. The highest BCUT2D eigenvalue weighted by molar-refractivity contribution is 9.10. The van der Waals surface area contributed by atoms with E-state index >= 15 is 0 Å². The van der Waals surface area contributed by atoms with Crippen molar-refractivity contribution in [1.82, 2.24) is 5.32 Å². The van der Waals surface area contributed by atoms with Crippen molar-refractivity contribution in [3.63, 3.8) is 0 Å². The molecular weight excluding hydrogens is 310 g/mol. The summed E-state index contributed by atoms with van der Waals surface area (Å²) < 4.78 is 13.5. The van der Waals surface area contributed by atoms with Crippen LogP contribution < -0.4 is 5.32 Å². The van der Waals surface area contributed by atoms with Crippen LogP contribution in [0.2, 0.25) is 0 Å². The largest absolute Gasteiger partial charge is 0.313 e. The highest BCUT2D eigenvalue weighted by Crippen LogP contribution is 2.19. The molecule has 1 aromatic carbocycles. The Morgan fingerprint density at radius 1 is 1.39 bits per heavy atom. The summed E-state index contributed by atoms with van der Waals surface area (Å²) in [5.74, 6) is 0. The molecule has 102 valence electrons. The van der Waals surface area contributed by atoms with Crippen molar-refractivity contribution >= 4 is 26.7 Å². The first-order valence-corrected chi connectivity index (χ1v) is 8.50. The van der Waals surface area contributed by atoms with Crippen LogP contribution in [0.15, 0.2) is 33.6 Å². The standard InChI is InChI=1S/C14H22BrNOS/c1-4-9-16-14(5-2)11(3)18(17)13-8-6-7-12(15)10-13/h6-8,10-11,14,16H,4-5,9H2,1-3H3. The Bertz CT molecular complexity index is 397. The molecule has 0 heterocycles. The van der Waals surface area contributed by atoms with Crippen molar-refractivity contribution in [3.05, 3.63) is 28.7 Å². The predicted octanol–water partition coefficient (Wildman–Crippen LogP) is 3.72. The van der Waals surface area contributed by atoms with E-state index in [1.807, 2.05) is 24.3 Å². The smallest absolute Gasteiger partial charge is 0.0574 e. The van der Waals surface area contributed by atoms with Crippen molar-refractivity contribution in [2.75, 3.05) is 6.54 Å². The van der Waals surface area contributed by atoms with Crippen LogP contribution in [-0.2, 0) is 10.8 Å². The summed E-state index contributed by atoms with van der Waals surface area (Å²) in [6.07, 6.45) is 2.10. The van der Waals surface area contributed by atoms with Crippen LogP contribution in [0, 0.1) is 0 Å². The van der Waals surface area contributed by atoms with Gasteiger partial charge in [-0.15, -0.1) is 0 Å². The lowest BCUT2D eigenvalue weighted by Gasteiger charge is -2.23. The van der Waals surface area contributed by atoms with Gasteiger partial charge in [0.2, 0.25) is 0 Å². The molecule has 0 fully saturated rings. The molecule has 0 aliphatic heterocycles. The number of hydrogen-bond acceptors (Lipinski definition) is 2. The lowest BCUT2D eigenvalue weighted by molar-refractivity contribution is 0.486. The number of nitrogens with one attached hydrogen (secondary N) is 1. The summed E-state index contributed by atoms with van der Waals surface area (Å²) in [5.41, 5.74) is 0. The molecule has 0 radical (unpaired) electrons. The highest BCUT2D eigenvalue weighted by atomic mass is 79.9. The first kappa shape index (κ1) is 15.9. The first-order valence-electron chi connectivity index (χ1n) is 6.49. The van der Waals surface area contributed by atoms with Crippen LogP contribution in [0.25, 0.3) is 0 Å². The average molecular weight is 332 g/mol. The highest BCUT2D eigenvalue weighted by Gasteiger charge is 2.21. The molecule has 0 saturated heterocycles. The van der Waals surface area contributed by atoms with Crippen LogP contribution in [0.3, 0.4) is 0 Å². The Kier molecular flexibility index (Phi) is 7.12. The number of benzene rings is 1. The van der Waals surface area contributed by atoms with Gasteiger partial charge in [0.15, 0.2) is 0 Å². The Morgan fingerprint density at radius 3 is 2.67 bits per heavy atom. The molecule has 0 saturated carbocycles. The van der Waals surface area contributed by atoms with Crippen LogP contribution >= 0.6 is 15.9 Å². The number of rotatable bonds is 7. The van der Waals surface area contributed by atoms with E-state index in [1.165, 1.54) is 0 Å². The average Bonchev–Trinajstić information content (AvgIpc) is 2.38. The molecule has 0 aromatic heterocycles. The second-order valence-electron chi connectivity index (χ2n) is 4.43. The zero-order valence-electron chi connectivity index (χ0n) is 11.3. The van der Waals surface area contributed by atoms with Gasteiger partial charge in [-0.3, -0.25) is 4.21 Å². The summed E-state index contributed by atoms with van der Waals surface area (Å²) in [7, 11) is -0.964. The molecule has 3 unspecified atom stereocenters. The van der Waals surface area contributed by atoms with Gasteiger partial charge in [-0.1, -0.05) is 35.8 Å². The summed E-state index contributed by atoms with van der Waals surface area (Å²) in [6.45, 7) is 7.34. The van der Waals surface area contributed by atoms with Gasteiger partial charge in [0, 0.05) is 15.4 Å². The molecule has 18 heavy (non-hydrogen) atoms. The number of halogens is 1. The second-order valence-corrected chi connectivity index (χ2v) is 7.15. The van der Waals surface area contributed by atoms with Gasteiger partial charge in [-0.05, 0) is 44.5 Å². The van der Waals surface area contributed by atoms with Crippen molar-refractivity contribution < 1.29 is 4.21 Å². The van der Waals surface area contributed by atoms with Crippen LogP contribution in [0.4, 0.5) is 0 Å². The molecule has 0 aliphatic carbocycles. The summed E-state index contributed by atoms with van der Waals surface area (Å²) >= 11 is 3.43. The van der Waals surface area contributed by atoms with Gasteiger partial charge in [0.25, 0.3) is 0 Å². The van der Waals surface area contributed by atoms with E-state index in [9.17, 15) is 4.21 Å². The predicted molar refractivity (Wildman–Crippen MR) is 82.4 cm³/mol. The molecule has 0 bridgehead atoms. The number of hydrogen-bond donors (Lipinski definition) is 1. The lowest BCUT2D eigenvalue weighted by atomic mass is 10.1. The fraction of sp³-hybridized carbons (Fsp3) is 0.571. The van der Waals surface area contributed by atoms with Crippen molar-refractivity contribution in [2.24, 2.45) is 0 Å². The third-order valence-corrected chi connectivity index (χ3v) is 5.24. The molecule has 0 amide bonds. The van der Waals surface area contributed by atoms with E-state index in [0.29, 0.717) is 6.04 Å². The van der Waals surface area contributed by atoms with Gasteiger partial charge in [-0.25, -0.2) is 0 Å². The van der Waals surface area contributed by atoms with Gasteiger partial charge in [0.05, 0.1) is 16.0 Å². The zero-order valence-corrected chi connectivity index (χ0v) is 13.7. The van der Waals surface area contributed by atoms with Gasteiger partial charge < -0.3 is 5.32 Å². The first-order chi connectivity index (χ1) is 8.60. The molecule has 1 rings (SSSR count). The van der Waals surface area contributed by atoms with E-state index in [2.05, 4.69) is 42.0 Å². The normalized spacial score (nSPS) is 16.2. The third kappa shape index (κ3) is 4.48. The topological polar surface area (TPSA) is 29.1 Å². The van der Waals surface area contributed by atoms with Crippen molar-refractivity contribution in [3.8, 4) is 0 Å². The molecule has 3 atom stereocenters. The zero-order chi connectivity index (χ0) is 13.5. The fourth-order valence-electron chi connectivity index (χ4n) is 1.93. The lowest BCUT2D eigenvalue weighted by Crippen LogP contribution is -2.40. The maximum Gasteiger partial charge on any atom is 0.0574 e. The molecule has 1 N–H and O–H groups in total. The van der Waals surface area contributed by atoms with Crippen LogP contribution in [0.5, 0.6) is 0 Å². The monoisotopic (exact) mass is 331 g/mol. The maximum absolute atomic E-state index is 12.5. The quantitative estimate of drug-likeness (QED) is 0.824. The van der Waals surface area contributed by atoms with Crippen LogP contribution in [-0.4, -0.2) is 22.0 Å². The maximum atomic E-state index is 12.5. The van der Waals surface area contributed by atoms with Gasteiger partial charge in [-0.2, -0.15) is 0 Å².